The van der Waals surface area contributed by atoms with Gasteiger partial charge in [0, 0.05) is 35.6 Å². The van der Waals surface area contributed by atoms with Crippen molar-refractivity contribution in [2.75, 3.05) is 26.2 Å². The van der Waals surface area contributed by atoms with Gasteiger partial charge in [0.15, 0.2) is 5.60 Å². The number of pyridine rings is 2. The van der Waals surface area contributed by atoms with E-state index < -0.39 is 23.5 Å². The summed E-state index contributed by atoms with van der Waals surface area (Å²) in [5.41, 5.74) is 4.52. The molecular weight excluding hydrogens is 772 g/mol. The molecule has 4 aliphatic heterocycles. The number of carbonyl (C=O) groups is 3. The smallest absolute Gasteiger partial charge is 0.415 e. The Labute approximate surface area is 351 Å². The number of aryl methyl sites for hydroxylation is 1. The topological polar surface area (TPSA) is 152 Å². The van der Waals surface area contributed by atoms with Gasteiger partial charge in [-0.2, -0.15) is 0 Å². The number of esters is 1. The van der Waals surface area contributed by atoms with Gasteiger partial charge in [-0.3, -0.25) is 9.59 Å². The van der Waals surface area contributed by atoms with Crippen LogP contribution in [0.3, 0.4) is 0 Å². The monoisotopic (exact) mass is 828 g/mol. The number of aromatic nitrogens is 2. The largest absolute Gasteiger partial charge is 0.481 e. The SMILES string of the molecule is CC(C)Cc1ccc(C(C)C(=O)O)cc1.CCc1c2c(nc3ccc(OC(=O)N4CCC(N5CCCCC5)CC4)cc13)-c1cc3c(c(=O)n1C2)COC(=O)[C@]3(O)CC.Cl. The van der Waals surface area contributed by atoms with Crippen LogP contribution in [0.5, 0.6) is 5.75 Å². The lowest BCUT2D eigenvalue weighted by atomic mass is 9.86. The maximum atomic E-state index is 13.6. The van der Waals surface area contributed by atoms with Gasteiger partial charge < -0.3 is 34.1 Å². The van der Waals surface area contributed by atoms with Gasteiger partial charge in [0.05, 0.1) is 34.9 Å². The lowest BCUT2D eigenvalue weighted by Crippen LogP contribution is -2.48. The number of carbonyl (C=O) groups excluding carboxylic acids is 2. The molecular formula is C46H57ClN4O8. The summed E-state index contributed by atoms with van der Waals surface area (Å²) in [6.07, 6.45) is 7.30. The molecule has 59 heavy (non-hydrogen) atoms. The second kappa shape index (κ2) is 18.2. The number of likely N-dealkylation sites (tertiary alicyclic amines) is 2. The van der Waals surface area contributed by atoms with Gasteiger partial charge in [-0.05, 0) is 112 Å². The third-order valence-corrected chi connectivity index (χ3v) is 12.5. The first-order valence-corrected chi connectivity index (χ1v) is 21.0. The van der Waals surface area contributed by atoms with Crippen molar-refractivity contribution in [2.45, 2.75) is 117 Å². The van der Waals surface area contributed by atoms with E-state index in [1.165, 1.54) is 37.9 Å². The van der Waals surface area contributed by atoms with Crippen molar-refractivity contribution in [3.8, 4) is 17.1 Å². The number of rotatable bonds is 8. The van der Waals surface area contributed by atoms with Gasteiger partial charge in [-0.1, -0.05) is 58.4 Å². The average molecular weight is 829 g/mol. The van der Waals surface area contributed by atoms with E-state index >= 15 is 0 Å². The third kappa shape index (κ3) is 8.76. The van der Waals surface area contributed by atoms with Gasteiger partial charge in [-0.25, -0.2) is 14.6 Å². The van der Waals surface area contributed by atoms with Crippen molar-refractivity contribution in [1.82, 2.24) is 19.4 Å². The number of aliphatic carboxylic acids is 1. The Kier molecular flexibility index (Phi) is 13.5. The van der Waals surface area contributed by atoms with Crippen LogP contribution in [0.1, 0.15) is 112 Å². The zero-order chi connectivity index (χ0) is 41.3. The van der Waals surface area contributed by atoms with E-state index in [2.05, 4.69) is 25.7 Å². The summed E-state index contributed by atoms with van der Waals surface area (Å²) in [5.74, 6) is -0.824. The van der Waals surface area contributed by atoms with E-state index in [9.17, 15) is 24.3 Å². The molecule has 4 aromatic rings. The first-order valence-electron chi connectivity index (χ1n) is 21.0. The highest BCUT2D eigenvalue weighted by atomic mass is 35.5. The van der Waals surface area contributed by atoms with E-state index in [1.807, 2.05) is 41.3 Å². The summed E-state index contributed by atoms with van der Waals surface area (Å²) in [6.45, 7) is 13.7. The molecule has 2 atom stereocenters. The molecule has 6 heterocycles. The molecule has 0 bridgehead atoms. The molecule has 316 valence electrons. The van der Waals surface area contributed by atoms with E-state index in [4.69, 9.17) is 19.6 Å². The summed E-state index contributed by atoms with van der Waals surface area (Å²) in [5, 5.41) is 20.9. The van der Waals surface area contributed by atoms with Crippen molar-refractivity contribution in [2.24, 2.45) is 5.92 Å². The Hall–Kier alpha value is -4.78. The maximum absolute atomic E-state index is 13.6. The van der Waals surface area contributed by atoms with E-state index in [0.717, 1.165) is 46.9 Å². The van der Waals surface area contributed by atoms with Crippen LogP contribution in [0.2, 0.25) is 0 Å². The number of amides is 1. The fourth-order valence-corrected chi connectivity index (χ4v) is 9.03. The van der Waals surface area contributed by atoms with Crippen molar-refractivity contribution in [3.63, 3.8) is 0 Å². The maximum Gasteiger partial charge on any atom is 0.415 e. The number of nitrogens with zero attached hydrogens (tertiary/aromatic N) is 4. The summed E-state index contributed by atoms with van der Waals surface area (Å²) in [6, 6.07) is 15.6. The number of halogens is 1. The molecule has 4 aliphatic rings. The van der Waals surface area contributed by atoms with Crippen LogP contribution in [0.25, 0.3) is 22.3 Å². The molecule has 1 unspecified atom stereocenters. The number of fused-ring (bicyclic) bond motifs is 5. The predicted molar refractivity (Wildman–Crippen MR) is 228 cm³/mol. The summed E-state index contributed by atoms with van der Waals surface area (Å²) in [4.78, 5) is 59.3. The second-order valence-corrected chi connectivity index (χ2v) is 16.6. The standard InChI is InChI=1S/C33H38N4O6.C13H18O2.ClH/c1-3-22-23-16-21(43-32(40)36-14-10-20(11-15-36)35-12-6-5-7-13-35)8-9-27(23)34-29-24(22)18-37-28(29)17-26-25(30(37)38)19-42-31(39)33(26,41)4-2;1-9(2)8-11-4-6-12(7-5-11)10(3)13(14)15;/h8-9,16-17,20,41H,3-7,10-15,18-19H2,1-2H3;4-7,9-10H,8H2,1-3H3,(H,14,15);1H/t33-;;/m0../s1. The zero-order valence-corrected chi connectivity index (χ0v) is 35.6. The number of hydrogen-bond donors (Lipinski definition) is 2. The van der Waals surface area contributed by atoms with Gasteiger partial charge in [0.1, 0.15) is 12.4 Å². The number of aliphatic hydroxyl groups is 1. The molecule has 2 fully saturated rings. The van der Waals surface area contributed by atoms with Crippen LogP contribution in [0.15, 0.2) is 53.3 Å². The number of benzene rings is 2. The van der Waals surface area contributed by atoms with Gasteiger partial charge in [0.2, 0.25) is 0 Å². The van der Waals surface area contributed by atoms with Crippen LogP contribution >= 0.6 is 12.4 Å². The normalized spacial score (nSPS) is 19.4. The lowest BCUT2D eigenvalue weighted by Gasteiger charge is -2.39. The lowest BCUT2D eigenvalue weighted by molar-refractivity contribution is -0.172. The molecule has 12 nitrogen and oxygen atoms in total. The Morgan fingerprint density at radius 2 is 1.64 bits per heavy atom. The second-order valence-electron chi connectivity index (χ2n) is 16.6. The van der Waals surface area contributed by atoms with Crippen LogP contribution in [0.4, 0.5) is 4.79 Å². The van der Waals surface area contributed by atoms with Crippen molar-refractivity contribution < 1.29 is 34.1 Å². The number of carboxylic acids is 1. The molecule has 2 aromatic heterocycles. The molecule has 2 saturated heterocycles. The molecule has 2 N–H and O–H groups in total. The minimum atomic E-state index is -1.86. The Morgan fingerprint density at radius 3 is 2.27 bits per heavy atom. The third-order valence-electron chi connectivity index (χ3n) is 12.5. The van der Waals surface area contributed by atoms with Crippen molar-refractivity contribution in [3.05, 3.63) is 92.3 Å². The number of piperidine rings is 2. The number of cyclic esters (lactones) is 1. The quantitative estimate of drug-likeness (QED) is 0.150. The molecule has 0 aliphatic carbocycles. The summed E-state index contributed by atoms with van der Waals surface area (Å²) < 4.78 is 12.7. The molecule has 0 radical (unpaired) electrons. The van der Waals surface area contributed by atoms with E-state index in [-0.39, 0.29) is 37.1 Å². The fraction of sp³-hybridized carbons (Fsp3) is 0.500. The van der Waals surface area contributed by atoms with Crippen LogP contribution in [-0.4, -0.2) is 79.8 Å². The molecule has 1 amide bonds. The van der Waals surface area contributed by atoms with E-state index in [0.29, 0.717) is 66.3 Å². The molecule has 0 spiro atoms. The molecule has 8 rings (SSSR count). The minimum absolute atomic E-state index is 0. The zero-order valence-electron chi connectivity index (χ0n) is 34.8. The van der Waals surface area contributed by atoms with Gasteiger partial charge in [-0.15, -0.1) is 12.4 Å². The summed E-state index contributed by atoms with van der Waals surface area (Å²) in [7, 11) is 0. The fourth-order valence-electron chi connectivity index (χ4n) is 9.03. The molecule has 13 heteroatoms. The molecule has 0 saturated carbocycles. The molecule has 2 aromatic carbocycles. The Balaban J connectivity index is 0.000000311. The van der Waals surface area contributed by atoms with Gasteiger partial charge >= 0.3 is 18.0 Å². The Bertz CT molecular complexity index is 2260. The first kappa shape index (κ1) is 43.8. The number of carboxylic acid groups (broad SMARTS) is 1. The Morgan fingerprint density at radius 1 is 0.949 bits per heavy atom. The van der Waals surface area contributed by atoms with Crippen LogP contribution < -0.4 is 10.3 Å². The summed E-state index contributed by atoms with van der Waals surface area (Å²) >= 11 is 0. The van der Waals surface area contributed by atoms with Crippen molar-refractivity contribution >= 4 is 41.3 Å². The first-order chi connectivity index (χ1) is 27.8. The van der Waals surface area contributed by atoms with Crippen molar-refractivity contribution in [1.29, 1.82) is 0 Å². The highest BCUT2D eigenvalue weighted by Crippen LogP contribution is 2.41. The number of hydrogen-bond acceptors (Lipinski definition) is 9. The van der Waals surface area contributed by atoms with Crippen LogP contribution in [0, 0.1) is 5.92 Å². The predicted octanol–water partition coefficient (Wildman–Crippen LogP) is 7.59. The van der Waals surface area contributed by atoms with Crippen LogP contribution in [-0.2, 0) is 45.9 Å². The van der Waals surface area contributed by atoms with Gasteiger partial charge in [0.25, 0.3) is 5.56 Å². The highest BCUT2D eigenvalue weighted by molar-refractivity contribution is 5.90. The van der Waals surface area contributed by atoms with E-state index in [1.54, 1.807) is 30.5 Å². The highest BCUT2D eigenvalue weighted by Gasteiger charge is 2.45. The number of ether oxygens (including phenoxy) is 2. The minimum Gasteiger partial charge on any atom is -0.481 e. The average Bonchev–Trinajstić information content (AvgIpc) is 3.60.